The monoisotopic (exact) mass is 261 g/mol. The first kappa shape index (κ1) is 12.9. The molecule has 0 saturated carbocycles. The van der Waals surface area contributed by atoms with E-state index in [-0.39, 0.29) is 0 Å². The van der Waals surface area contributed by atoms with Crippen molar-refractivity contribution in [1.82, 2.24) is 4.98 Å². The molecule has 1 heterocycles. The van der Waals surface area contributed by atoms with Crippen LogP contribution in [0.25, 0.3) is 0 Å². The second-order valence-electron chi connectivity index (χ2n) is 4.17. The summed E-state index contributed by atoms with van der Waals surface area (Å²) < 4.78 is 0. The summed E-state index contributed by atoms with van der Waals surface area (Å²) >= 11 is 5.86. The van der Waals surface area contributed by atoms with E-state index in [1.807, 2.05) is 49.5 Å². The number of halogens is 1. The molecule has 0 spiro atoms. The lowest BCUT2D eigenvalue weighted by molar-refractivity contribution is 0.878. The van der Waals surface area contributed by atoms with E-state index < -0.39 is 0 Å². The molecular formula is C14H16ClN3. The standard InChI is InChI=1S/C14H16ClN3/c1-18(10-11-5-7-12(15)8-6-11)14-4-2-3-13(9-16)17-14/h2-8H,9-10,16H2,1H3. The number of benzene rings is 1. The molecule has 94 valence electrons. The van der Waals surface area contributed by atoms with Crippen LogP contribution in [0.15, 0.2) is 42.5 Å². The molecule has 18 heavy (non-hydrogen) atoms. The Kier molecular flexibility index (Phi) is 4.18. The maximum atomic E-state index is 5.86. The zero-order valence-corrected chi connectivity index (χ0v) is 11.1. The van der Waals surface area contributed by atoms with E-state index in [9.17, 15) is 0 Å². The van der Waals surface area contributed by atoms with Gasteiger partial charge < -0.3 is 10.6 Å². The molecule has 0 aliphatic rings. The third-order valence-electron chi connectivity index (χ3n) is 2.73. The zero-order valence-electron chi connectivity index (χ0n) is 10.3. The van der Waals surface area contributed by atoms with E-state index in [4.69, 9.17) is 17.3 Å². The van der Waals surface area contributed by atoms with Crippen molar-refractivity contribution in [2.24, 2.45) is 5.73 Å². The van der Waals surface area contributed by atoms with Crippen LogP contribution in [-0.2, 0) is 13.1 Å². The number of hydrogen-bond donors (Lipinski definition) is 1. The van der Waals surface area contributed by atoms with Crippen molar-refractivity contribution in [3.05, 3.63) is 58.7 Å². The molecule has 0 aliphatic heterocycles. The number of aromatic nitrogens is 1. The average Bonchev–Trinajstić information content (AvgIpc) is 2.41. The predicted octanol–water partition coefficient (Wildman–Crippen LogP) is 2.83. The maximum absolute atomic E-state index is 5.86. The second-order valence-corrected chi connectivity index (χ2v) is 4.61. The van der Waals surface area contributed by atoms with E-state index in [0.29, 0.717) is 6.54 Å². The fraction of sp³-hybridized carbons (Fsp3) is 0.214. The van der Waals surface area contributed by atoms with Crippen molar-refractivity contribution in [1.29, 1.82) is 0 Å². The molecule has 0 unspecified atom stereocenters. The minimum absolute atomic E-state index is 0.461. The first-order valence-corrected chi connectivity index (χ1v) is 6.18. The molecule has 2 N–H and O–H groups in total. The van der Waals surface area contributed by atoms with Gasteiger partial charge in [0.15, 0.2) is 0 Å². The molecule has 1 aromatic carbocycles. The predicted molar refractivity (Wildman–Crippen MR) is 75.7 cm³/mol. The van der Waals surface area contributed by atoms with Crippen LogP contribution in [0.2, 0.25) is 5.02 Å². The van der Waals surface area contributed by atoms with E-state index in [0.717, 1.165) is 23.1 Å². The van der Waals surface area contributed by atoms with E-state index in [2.05, 4.69) is 9.88 Å². The van der Waals surface area contributed by atoms with Gasteiger partial charge in [-0.15, -0.1) is 0 Å². The van der Waals surface area contributed by atoms with Crippen LogP contribution in [0, 0.1) is 0 Å². The summed E-state index contributed by atoms with van der Waals surface area (Å²) in [6.45, 7) is 1.25. The fourth-order valence-electron chi connectivity index (χ4n) is 1.74. The summed E-state index contributed by atoms with van der Waals surface area (Å²) in [5, 5.41) is 0.754. The SMILES string of the molecule is CN(Cc1ccc(Cl)cc1)c1cccc(CN)n1. The van der Waals surface area contributed by atoms with Crippen LogP contribution < -0.4 is 10.6 Å². The first-order valence-electron chi connectivity index (χ1n) is 5.80. The molecule has 0 bridgehead atoms. The summed E-state index contributed by atoms with van der Waals surface area (Å²) in [5.74, 6) is 0.924. The molecule has 0 saturated heterocycles. The van der Waals surface area contributed by atoms with Gasteiger partial charge in [0.1, 0.15) is 5.82 Å². The Labute approximate surface area is 112 Å². The minimum atomic E-state index is 0.461. The highest BCUT2D eigenvalue weighted by molar-refractivity contribution is 6.30. The number of anilines is 1. The maximum Gasteiger partial charge on any atom is 0.128 e. The van der Waals surface area contributed by atoms with Gasteiger partial charge in [0.2, 0.25) is 0 Å². The Hall–Kier alpha value is -1.58. The Balaban J connectivity index is 2.11. The van der Waals surface area contributed by atoms with Crippen molar-refractivity contribution in [3.63, 3.8) is 0 Å². The summed E-state index contributed by atoms with van der Waals surface area (Å²) in [6.07, 6.45) is 0. The van der Waals surface area contributed by atoms with Gasteiger partial charge in [-0.3, -0.25) is 0 Å². The van der Waals surface area contributed by atoms with Gasteiger partial charge in [0.25, 0.3) is 0 Å². The topological polar surface area (TPSA) is 42.1 Å². The van der Waals surface area contributed by atoms with Crippen LogP contribution in [0.1, 0.15) is 11.3 Å². The lowest BCUT2D eigenvalue weighted by atomic mass is 10.2. The molecule has 0 atom stereocenters. The summed E-state index contributed by atoms with van der Waals surface area (Å²) in [4.78, 5) is 6.57. The third-order valence-corrected chi connectivity index (χ3v) is 2.98. The first-order chi connectivity index (χ1) is 8.69. The molecule has 4 heteroatoms. The van der Waals surface area contributed by atoms with Crippen LogP contribution in [-0.4, -0.2) is 12.0 Å². The van der Waals surface area contributed by atoms with Gasteiger partial charge in [-0.1, -0.05) is 29.8 Å². The summed E-state index contributed by atoms with van der Waals surface area (Å²) in [7, 11) is 2.01. The van der Waals surface area contributed by atoms with Gasteiger partial charge in [0.05, 0.1) is 5.69 Å². The largest absolute Gasteiger partial charge is 0.355 e. The quantitative estimate of drug-likeness (QED) is 0.920. The number of hydrogen-bond acceptors (Lipinski definition) is 3. The smallest absolute Gasteiger partial charge is 0.128 e. The number of pyridine rings is 1. The van der Waals surface area contributed by atoms with E-state index in [1.54, 1.807) is 0 Å². The van der Waals surface area contributed by atoms with E-state index in [1.165, 1.54) is 5.56 Å². The molecule has 0 aliphatic carbocycles. The van der Waals surface area contributed by atoms with Crippen molar-refractivity contribution < 1.29 is 0 Å². The molecule has 0 amide bonds. The lowest BCUT2D eigenvalue weighted by Gasteiger charge is -2.18. The van der Waals surface area contributed by atoms with E-state index >= 15 is 0 Å². The highest BCUT2D eigenvalue weighted by atomic mass is 35.5. The number of nitrogens with zero attached hydrogens (tertiary/aromatic N) is 2. The molecule has 2 rings (SSSR count). The van der Waals surface area contributed by atoms with Crippen molar-refractivity contribution >= 4 is 17.4 Å². The highest BCUT2D eigenvalue weighted by Crippen LogP contribution is 2.15. The van der Waals surface area contributed by atoms with Crippen molar-refractivity contribution in [2.45, 2.75) is 13.1 Å². The third kappa shape index (κ3) is 3.22. The highest BCUT2D eigenvalue weighted by Gasteiger charge is 2.04. The second kappa shape index (κ2) is 5.85. The van der Waals surface area contributed by atoms with Gasteiger partial charge in [-0.2, -0.15) is 0 Å². The zero-order chi connectivity index (χ0) is 13.0. The molecular weight excluding hydrogens is 246 g/mol. The average molecular weight is 262 g/mol. The van der Waals surface area contributed by atoms with Gasteiger partial charge in [-0.25, -0.2) is 4.98 Å². The normalized spacial score (nSPS) is 10.4. The van der Waals surface area contributed by atoms with Crippen LogP contribution in [0.5, 0.6) is 0 Å². The van der Waals surface area contributed by atoms with Crippen LogP contribution in [0.4, 0.5) is 5.82 Å². The molecule has 3 nitrogen and oxygen atoms in total. The van der Waals surface area contributed by atoms with Crippen LogP contribution >= 0.6 is 11.6 Å². The Morgan fingerprint density at radius 3 is 2.56 bits per heavy atom. The Morgan fingerprint density at radius 2 is 1.89 bits per heavy atom. The number of nitrogens with two attached hydrogens (primary N) is 1. The van der Waals surface area contributed by atoms with Gasteiger partial charge >= 0.3 is 0 Å². The molecule has 2 aromatic rings. The van der Waals surface area contributed by atoms with Crippen LogP contribution in [0.3, 0.4) is 0 Å². The minimum Gasteiger partial charge on any atom is -0.355 e. The molecule has 0 fully saturated rings. The van der Waals surface area contributed by atoms with Gasteiger partial charge in [0, 0.05) is 25.2 Å². The number of rotatable bonds is 4. The molecule has 1 aromatic heterocycles. The Morgan fingerprint density at radius 1 is 1.17 bits per heavy atom. The summed E-state index contributed by atoms with van der Waals surface area (Å²) in [6, 6.07) is 13.7. The van der Waals surface area contributed by atoms with Crippen molar-refractivity contribution in [2.75, 3.05) is 11.9 Å². The lowest BCUT2D eigenvalue weighted by Crippen LogP contribution is -2.18. The van der Waals surface area contributed by atoms with Gasteiger partial charge in [-0.05, 0) is 29.8 Å². The molecule has 0 radical (unpaired) electrons. The fourth-order valence-corrected chi connectivity index (χ4v) is 1.86. The Bertz CT molecular complexity index is 511. The van der Waals surface area contributed by atoms with Crippen molar-refractivity contribution in [3.8, 4) is 0 Å². The summed E-state index contributed by atoms with van der Waals surface area (Å²) in [5.41, 5.74) is 7.69.